The number of amides is 1. The second-order valence-electron chi connectivity index (χ2n) is 5.27. The van der Waals surface area contributed by atoms with Crippen LogP contribution in [-0.4, -0.2) is 37.0 Å². The minimum atomic E-state index is 0.0106. The summed E-state index contributed by atoms with van der Waals surface area (Å²) in [6.45, 7) is 7.79. The summed E-state index contributed by atoms with van der Waals surface area (Å²) in [6.07, 6.45) is 2.05. The van der Waals surface area contributed by atoms with Crippen molar-refractivity contribution in [3.63, 3.8) is 0 Å². The summed E-state index contributed by atoms with van der Waals surface area (Å²) < 4.78 is 5.50. The molecule has 1 aromatic heterocycles. The molecule has 1 aliphatic heterocycles. The minimum Gasteiger partial charge on any atom is -0.466 e. The predicted octanol–water partition coefficient (Wildman–Crippen LogP) is 2.03. The molecule has 1 aliphatic rings. The maximum absolute atomic E-state index is 12.3. The molecule has 0 aliphatic carbocycles. The lowest BCUT2D eigenvalue weighted by molar-refractivity contribution is 0.0915. The van der Waals surface area contributed by atoms with Crippen LogP contribution in [0.3, 0.4) is 0 Å². The first-order chi connectivity index (χ1) is 8.49. The first-order valence-electron chi connectivity index (χ1n) is 6.55. The molecule has 0 atom stereocenters. The normalized spacial score (nSPS) is 18.0. The van der Waals surface area contributed by atoms with Crippen molar-refractivity contribution in [1.82, 2.24) is 10.2 Å². The molecule has 18 heavy (non-hydrogen) atoms. The summed E-state index contributed by atoms with van der Waals surface area (Å²) in [5.74, 6) is 1.56. The lowest BCUT2D eigenvalue weighted by Crippen LogP contribution is -2.43. The van der Waals surface area contributed by atoms with Crippen LogP contribution in [0.4, 0.5) is 0 Å². The molecule has 1 fully saturated rings. The van der Waals surface area contributed by atoms with Crippen LogP contribution in [-0.2, 0) is 0 Å². The molecular formula is C14H22N2O2. The number of aryl methyl sites for hydroxylation is 2. The fraction of sp³-hybridized carbons (Fsp3) is 0.643. The molecule has 4 nitrogen and oxygen atoms in total. The Balaban J connectivity index is 2.04. The van der Waals surface area contributed by atoms with Gasteiger partial charge in [0, 0.05) is 11.6 Å². The molecule has 0 bridgehead atoms. The van der Waals surface area contributed by atoms with Crippen molar-refractivity contribution < 1.29 is 9.21 Å². The molecular weight excluding hydrogens is 228 g/mol. The van der Waals surface area contributed by atoms with Crippen LogP contribution in [0.25, 0.3) is 0 Å². The van der Waals surface area contributed by atoms with E-state index in [1.54, 1.807) is 0 Å². The van der Waals surface area contributed by atoms with E-state index in [0.29, 0.717) is 11.6 Å². The Hall–Kier alpha value is -1.29. The van der Waals surface area contributed by atoms with Crippen molar-refractivity contribution >= 4 is 5.91 Å². The number of furan rings is 1. The van der Waals surface area contributed by atoms with E-state index in [1.807, 2.05) is 20.8 Å². The maximum Gasteiger partial charge on any atom is 0.255 e. The zero-order chi connectivity index (χ0) is 13.3. The predicted molar refractivity (Wildman–Crippen MR) is 70.9 cm³/mol. The fourth-order valence-corrected chi connectivity index (χ4v) is 2.54. The number of rotatable bonds is 2. The van der Waals surface area contributed by atoms with Crippen molar-refractivity contribution in [3.05, 3.63) is 22.6 Å². The van der Waals surface area contributed by atoms with Crippen molar-refractivity contribution in [2.75, 3.05) is 20.1 Å². The van der Waals surface area contributed by atoms with Gasteiger partial charge in [0.15, 0.2) is 0 Å². The van der Waals surface area contributed by atoms with Gasteiger partial charge in [-0.2, -0.15) is 0 Å². The van der Waals surface area contributed by atoms with Crippen LogP contribution >= 0.6 is 0 Å². The second-order valence-corrected chi connectivity index (χ2v) is 5.27. The van der Waals surface area contributed by atoms with Gasteiger partial charge in [-0.3, -0.25) is 4.79 Å². The Morgan fingerprint density at radius 3 is 2.33 bits per heavy atom. The van der Waals surface area contributed by atoms with Crippen molar-refractivity contribution in [3.8, 4) is 0 Å². The molecule has 2 heterocycles. The average molecular weight is 250 g/mol. The highest BCUT2D eigenvalue weighted by Gasteiger charge is 2.23. The average Bonchev–Trinajstić information content (AvgIpc) is 2.56. The number of hydrogen-bond donors (Lipinski definition) is 1. The van der Waals surface area contributed by atoms with Gasteiger partial charge in [0.05, 0.1) is 5.56 Å². The van der Waals surface area contributed by atoms with Gasteiger partial charge in [0.2, 0.25) is 0 Å². The molecule has 0 aromatic carbocycles. The number of carbonyl (C=O) groups is 1. The van der Waals surface area contributed by atoms with Crippen LogP contribution in [0.15, 0.2) is 4.42 Å². The van der Waals surface area contributed by atoms with Gasteiger partial charge in [0.25, 0.3) is 5.91 Å². The Morgan fingerprint density at radius 2 is 1.83 bits per heavy atom. The molecule has 1 N–H and O–H groups in total. The molecule has 4 heteroatoms. The molecule has 1 amide bonds. The van der Waals surface area contributed by atoms with E-state index in [9.17, 15) is 4.79 Å². The largest absolute Gasteiger partial charge is 0.466 e. The molecule has 100 valence electrons. The number of nitrogens with zero attached hydrogens (tertiary/aromatic N) is 1. The third-order valence-electron chi connectivity index (χ3n) is 3.84. The number of hydrogen-bond acceptors (Lipinski definition) is 3. The van der Waals surface area contributed by atoms with Crippen LogP contribution in [0.5, 0.6) is 0 Å². The highest BCUT2D eigenvalue weighted by molar-refractivity contribution is 5.97. The summed E-state index contributed by atoms with van der Waals surface area (Å²) >= 11 is 0. The quantitative estimate of drug-likeness (QED) is 0.873. The van der Waals surface area contributed by atoms with Crippen LogP contribution in [0, 0.1) is 20.8 Å². The highest BCUT2D eigenvalue weighted by Crippen LogP contribution is 2.21. The standard InChI is InChI=1S/C14H22N2O2/c1-9-10(2)18-11(3)13(9)14(17)15-12-5-7-16(4)8-6-12/h12H,5-8H2,1-4H3,(H,15,17). The zero-order valence-electron chi connectivity index (χ0n) is 11.7. The maximum atomic E-state index is 12.3. The molecule has 0 saturated carbocycles. The van der Waals surface area contributed by atoms with E-state index in [4.69, 9.17) is 4.42 Å². The second kappa shape index (κ2) is 5.14. The van der Waals surface area contributed by atoms with E-state index < -0.39 is 0 Å². The van der Waals surface area contributed by atoms with Gasteiger partial charge in [-0.15, -0.1) is 0 Å². The zero-order valence-corrected chi connectivity index (χ0v) is 11.7. The van der Waals surface area contributed by atoms with E-state index in [-0.39, 0.29) is 5.91 Å². The molecule has 0 spiro atoms. The minimum absolute atomic E-state index is 0.0106. The molecule has 0 radical (unpaired) electrons. The van der Waals surface area contributed by atoms with E-state index >= 15 is 0 Å². The van der Waals surface area contributed by atoms with Crippen LogP contribution < -0.4 is 5.32 Å². The van der Waals surface area contributed by atoms with Crippen molar-refractivity contribution in [2.45, 2.75) is 39.7 Å². The van der Waals surface area contributed by atoms with Gasteiger partial charge in [-0.25, -0.2) is 0 Å². The Morgan fingerprint density at radius 1 is 1.22 bits per heavy atom. The first-order valence-corrected chi connectivity index (χ1v) is 6.55. The smallest absolute Gasteiger partial charge is 0.255 e. The van der Waals surface area contributed by atoms with Gasteiger partial charge in [-0.05, 0) is 53.8 Å². The first kappa shape index (κ1) is 13.1. The summed E-state index contributed by atoms with van der Waals surface area (Å²) in [7, 11) is 2.12. The van der Waals surface area contributed by atoms with E-state index in [2.05, 4.69) is 17.3 Å². The van der Waals surface area contributed by atoms with Crippen molar-refractivity contribution in [2.24, 2.45) is 0 Å². The summed E-state index contributed by atoms with van der Waals surface area (Å²) in [6, 6.07) is 0.294. The van der Waals surface area contributed by atoms with Gasteiger partial charge >= 0.3 is 0 Å². The van der Waals surface area contributed by atoms with Crippen LogP contribution in [0.2, 0.25) is 0 Å². The van der Waals surface area contributed by atoms with Gasteiger partial charge in [0.1, 0.15) is 11.5 Å². The Bertz CT molecular complexity index is 443. The molecule has 1 aromatic rings. The van der Waals surface area contributed by atoms with Gasteiger partial charge in [-0.1, -0.05) is 0 Å². The third kappa shape index (κ3) is 2.58. The summed E-state index contributed by atoms with van der Waals surface area (Å²) in [4.78, 5) is 14.6. The summed E-state index contributed by atoms with van der Waals surface area (Å²) in [5.41, 5.74) is 1.67. The summed E-state index contributed by atoms with van der Waals surface area (Å²) in [5, 5.41) is 3.13. The van der Waals surface area contributed by atoms with E-state index in [0.717, 1.165) is 43.0 Å². The Kier molecular flexibility index (Phi) is 3.76. The Labute approximate surface area is 108 Å². The van der Waals surface area contributed by atoms with Crippen molar-refractivity contribution in [1.29, 1.82) is 0 Å². The SMILES string of the molecule is Cc1oc(C)c(C(=O)NC2CCN(C)CC2)c1C. The third-order valence-corrected chi connectivity index (χ3v) is 3.84. The fourth-order valence-electron chi connectivity index (χ4n) is 2.54. The van der Waals surface area contributed by atoms with Gasteiger partial charge < -0.3 is 14.6 Å². The number of likely N-dealkylation sites (tertiary alicyclic amines) is 1. The number of piperidine rings is 1. The number of carbonyl (C=O) groups excluding carboxylic acids is 1. The monoisotopic (exact) mass is 250 g/mol. The highest BCUT2D eigenvalue weighted by atomic mass is 16.3. The lowest BCUT2D eigenvalue weighted by Gasteiger charge is -2.29. The molecule has 1 saturated heterocycles. The molecule has 0 unspecified atom stereocenters. The molecule has 2 rings (SSSR count). The topological polar surface area (TPSA) is 45.5 Å². The van der Waals surface area contributed by atoms with Crippen LogP contribution in [0.1, 0.15) is 40.3 Å². The number of nitrogens with one attached hydrogen (secondary N) is 1. The lowest BCUT2D eigenvalue weighted by atomic mass is 10.0. The van der Waals surface area contributed by atoms with E-state index in [1.165, 1.54) is 0 Å².